The summed E-state index contributed by atoms with van der Waals surface area (Å²) in [4.78, 5) is 18.3. The fourth-order valence-corrected chi connectivity index (χ4v) is 2.50. The molecule has 2 atom stereocenters. The van der Waals surface area contributed by atoms with Crippen molar-refractivity contribution in [3.05, 3.63) is 0 Å². The minimum atomic E-state index is -0.0292. The lowest BCUT2D eigenvalue weighted by molar-refractivity contribution is -0.131. The molecule has 0 aromatic heterocycles. The minimum Gasteiger partial charge on any atom is -0.399 e. The van der Waals surface area contributed by atoms with E-state index in [0.29, 0.717) is 23.6 Å². The Hall–Kier alpha value is -1.10. The highest BCUT2D eigenvalue weighted by Gasteiger charge is 2.45. The van der Waals surface area contributed by atoms with Crippen molar-refractivity contribution in [3.8, 4) is 0 Å². The zero-order valence-electron chi connectivity index (χ0n) is 9.14. The van der Waals surface area contributed by atoms with Gasteiger partial charge in [-0.2, -0.15) is 0 Å². The van der Waals surface area contributed by atoms with E-state index >= 15 is 0 Å². The van der Waals surface area contributed by atoms with Gasteiger partial charge in [-0.1, -0.05) is 5.16 Å². The number of hydrogen-bond donors (Lipinski definition) is 1. The lowest BCUT2D eigenvalue weighted by atomic mass is 9.67. The van der Waals surface area contributed by atoms with E-state index in [1.165, 1.54) is 13.5 Å². The molecule has 2 unspecified atom stereocenters. The van der Waals surface area contributed by atoms with Gasteiger partial charge in [-0.05, 0) is 25.2 Å². The van der Waals surface area contributed by atoms with Crippen LogP contribution < -0.4 is 5.73 Å². The molecule has 0 radical (unpaired) electrons. The van der Waals surface area contributed by atoms with Gasteiger partial charge in [-0.15, -0.1) is 0 Å². The SMILES string of the molecule is CO/N=C(\C)C(=O)N1CC2CC(C1)C2N. The summed E-state index contributed by atoms with van der Waals surface area (Å²) in [6.45, 7) is 3.21. The average Bonchev–Trinajstić information content (AvgIpc) is 2.27. The maximum atomic E-state index is 11.8. The molecule has 0 aromatic carbocycles. The number of carbonyl (C=O) groups is 1. The van der Waals surface area contributed by atoms with Gasteiger partial charge in [0.25, 0.3) is 5.91 Å². The number of rotatable bonds is 2. The first-order valence-corrected chi connectivity index (χ1v) is 5.26. The molecule has 2 saturated heterocycles. The third-order valence-corrected chi connectivity index (χ3v) is 3.43. The molecular formula is C10H17N3O2. The van der Waals surface area contributed by atoms with Gasteiger partial charge in [-0.25, -0.2) is 0 Å². The summed E-state index contributed by atoms with van der Waals surface area (Å²) < 4.78 is 0. The third-order valence-electron chi connectivity index (χ3n) is 3.43. The molecule has 2 heterocycles. The van der Waals surface area contributed by atoms with Crippen molar-refractivity contribution in [2.75, 3.05) is 20.2 Å². The van der Waals surface area contributed by atoms with Crippen molar-refractivity contribution in [2.24, 2.45) is 22.7 Å². The quantitative estimate of drug-likeness (QED) is 0.508. The summed E-state index contributed by atoms with van der Waals surface area (Å²) in [7, 11) is 1.44. The van der Waals surface area contributed by atoms with Gasteiger partial charge in [0.2, 0.25) is 0 Å². The van der Waals surface area contributed by atoms with E-state index in [4.69, 9.17) is 5.73 Å². The first-order chi connectivity index (χ1) is 7.13. The second-order valence-electron chi connectivity index (χ2n) is 4.40. The molecule has 2 N–H and O–H groups in total. The Kier molecular flexibility index (Phi) is 2.65. The predicted molar refractivity (Wildman–Crippen MR) is 56.3 cm³/mol. The monoisotopic (exact) mass is 211 g/mol. The van der Waals surface area contributed by atoms with Crippen molar-refractivity contribution in [3.63, 3.8) is 0 Å². The van der Waals surface area contributed by atoms with Crippen molar-refractivity contribution < 1.29 is 9.63 Å². The summed E-state index contributed by atoms with van der Waals surface area (Å²) in [5.74, 6) is 0.949. The molecule has 3 rings (SSSR count). The molecule has 1 aliphatic carbocycles. The number of nitrogens with two attached hydrogens (primary N) is 1. The van der Waals surface area contributed by atoms with E-state index in [-0.39, 0.29) is 5.91 Å². The molecule has 15 heavy (non-hydrogen) atoms. The van der Waals surface area contributed by atoms with Crippen LogP contribution in [0.3, 0.4) is 0 Å². The number of carbonyl (C=O) groups excluding carboxylic acids is 1. The van der Waals surface area contributed by atoms with Gasteiger partial charge in [-0.3, -0.25) is 4.79 Å². The summed E-state index contributed by atoms with van der Waals surface area (Å²) in [6, 6.07) is 0.300. The normalized spacial score (nSPS) is 34.7. The van der Waals surface area contributed by atoms with Crippen LogP contribution in [-0.4, -0.2) is 42.8 Å². The molecule has 3 fully saturated rings. The second-order valence-corrected chi connectivity index (χ2v) is 4.40. The fourth-order valence-electron chi connectivity index (χ4n) is 2.50. The fraction of sp³-hybridized carbons (Fsp3) is 0.800. The van der Waals surface area contributed by atoms with Gasteiger partial charge in [0.15, 0.2) is 0 Å². The third kappa shape index (κ3) is 1.71. The van der Waals surface area contributed by atoms with Gasteiger partial charge < -0.3 is 15.5 Å². The van der Waals surface area contributed by atoms with Crippen LogP contribution in [0.25, 0.3) is 0 Å². The zero-order chi connectivity index (χ0) is 11.0. The van der Waals surface area contributed by atoms with E-state index in [0.717, 1.165) is 13.1 Å². The van der Waals surface area contributed by atoms with Gasteiger partial charge in [0.05, 0.1) is 0 Å². The highest BCUT2D eigenvalue weighted by molar-refractivity contribution is 6.37. The van der Waals surface area contributed by atoms with E-state index in [1.54, 1.807) is 6.92 Å². The average molecular weight is 211 g/mol. The van der Waals surface area contributed by atoms with Gasteiger partial charge in [0, 0.05) is 19.1 Å². The van der Waals surface area contributed by atoms with Crippen LogP contribution >= 0.6 is 0 Å². The Labute approximate surface area is 89.2 Å². The Bertz CT molecular complexity index is 291. The lowest BCUT2D eigenvalue weighted by Crippen LogP contribution is -2.63. The molecule has 5 nitrogen and oxygen atoms in total. The molecule has 0 spiro atoms. The van der Waals surface area contributed by atoms with Crippen LogP contribution in [-0.2, 0) is 9.63 Å². The number of amides is 1. The van der Waals surface area contributed by atoms with Crippen molar-refractivity contribution in [1.29, 1.82) is 0 Å². The molecule has 0 aromatic rings. The van der Waals surface area contributed by atoms with Crippen LogP contribution in [0.1, 0.15) is 13.3 Å². The molecule has 3 aliphatic rings. The maximum absolute atomic E-state index is 11.8. The van der Waals surface area contributed by atoms with Crippen molar-refractivity contribution in [2.45, 2.75) is 19.4 Å². The van der Waals surface area contributed by atoms with E-state index < -0.39 is 0 Å². The standard InChI is InChI=1S/C10H17N3O2/c1-6(12-15-2)10(14)13-4-7-3-8(5-13)9(7)11/h7-9H,3-5,11H2,1-2H3/b12-6+. The Morgan fingerprint density at radius 3 is 2.53 bits per heavy atom. The van der Waals surface area contributed by atoms with Crippen LogP contribution in [0, 0.1) is 11.8 Å². The highest BCUT2D eigenvalue weighted by atomic mass is 16.6. The van der Waals surface area contributed by atoms with E-state index in [9.17, 15) is 4.79 Å². The first kappa shape index (κ1) is 10.4. The molecular weight excluding hydrogens is 194 g/mol. The zero-order valence-corrected chi connectivity index (χ0v) is 9.14. The predicted octanol–water partition coefficient (Wildman–Crippen LogP) is -0.186. The summed E-state index contributed by atoms with van der Waals surface area (Å²) in [6.07, 6.45) is 1.17. The lowest BCUT2D eigenvalue weighted by Gasteiger charge is -2.51. The highest BCUT2D eigenvalue weighted by Crippen LogP contribution is 2.38. The summed E-state index contributed by atoms with van der Waals surface area (Å²) in [5.41, 5.74) is 6.34. The largest absolute Gasteiger partial charge is 0.399 e. The molecule has 2 bridgehead atoms. The smallest absolute Gasteiger partial charge is 0.271 e. The molecule has 84 valence electrons. The topological polar surface area (TPSA) is 67.9 Å². The Balaban J connectivity index is 1.96. The number of oxime groups is 1. The number of hydrogen-bond acceptors (Lipinski definition) is 4. The minimum absolute atomic E-state index is 0.0292. The number of piperidine rings is 2. The maximum Gasteiger partial charge on any atom is 0.271 e. The first-order valence-electron chi connectivity index (χ1n) is 5.26. The summed E-state index contributed by atoms with van der Waals surface area (Å²) >= 11 is 0. The molecule has 2 aliphatic heterocycles. The summed E-state index contributed by atoms with van der Waals surface area (Å²) in [5, 5.41) is 3.65. The van der Waals surface area contributed by atoms with Crippen LogP contribution in [0.4, 0.5) is 0 Å². The Morgan fingerprint density at radius 1 is 1.47 bits per heavy atom. The molecule has 5 heteroatoms. The van der Waals surface area contributed by atoms with Gasteiger partial charge >= 0.3 is 0 Å². The van der Waals surface area contributed by atoms with Crippen LogP contribution in [0.5, 0.6) is 0 Å². The Morgan fingerprint density at radius 2 is 2.07 bits per heavy atom. The van der Waals surface area contributed by atoms with E-state index in [1.807, 2.05) is 4.90 Å². The van der Waals surface area contributed by atoms with Crippen molar-refractivity contribution >= 4 is 11.6 Å². The van der Waals surface area contributed by atoms with Gasteiger partial charge in [0.1, 0.15) is 12.8 Å². The van der Waals surface area contributed by atoms with Crippen LogP contribution in [0.2, 0.25) is 0 Å². The van der Waals surface area contributed by atoms with E-state index in [2.05, 4.69) is 9.99 Å². The van der Waals surface area contributed by atoms with Crippen molar-refractivity contribution in [1.82, 2.24) is 4.90 Å². The number of fused-ring (bicyclic) bond motifs is 2. The molecule has 1 saturated carbocycles. The number of nitrogens with zero attached hydrogens (tertiary/aromatic N) is 2. The molecule has 1 amide bonds. The van der Waals surface area contributed by atoms with Crippen LogP contribution in [0.15, 0.2) is 5.16 Å². The second kappa shape index (κ2) is 3.81.